The first-order chi connectivity index (χ1) is 15.2. The van der Waals surface area contributed by atoms with E-state index >= 15 is 0 Å². The van der Waals surface area contributed by atoms with Crippen molar-refractivity contribution in [2.24, 2.45) is 0 Å². The van der Waals surface area contributed by atoms with Gasteiger partial charge in [-0.25, -0.2) is 4.63 Å². The van der Waals surface area contributed by atoms with Crippen LogP contribution in [0.25, 0.3) is 0 Å². The van der Waals surface area contributed by atoms with Crippen LogP contribution in [0.4, 0.5) is 11.6 Å². The number of ketones is 1. The molecule has 1 aromatic heterocycles. The predicted molar refractivity (Wildman–Crippen MR) is 114 cm³/mol. The summed E-state index contributed by atoms with van der Waals surface area (Å²) >= 11 is 0. The number of anilines is 2. The highest BCUT2D eigenvalue weighted by atomic mass is 16.6. The van der Waals surface area contributed by atoms with Gasteiger partial charge in [-0.2, -0.15) is 0 Å². The molecule has 5 rings (SSSR count). The highest BCUT2D eigenvalue weighted by Crippen LogP contribution is 2.45. The first kappa shape index (κ1) is 19.2. The van der Waals surface area contributed by atoms with Crippen LogP contribution in [-0.4, -0.2) is 30.3 Å². The van der Waals surface area contributed by atoms with Crippen LogP contribution in [0.1, 0.15) is 35.9 Å². The fourth-order valence-corrected chi connectivity index (χ4v) is 4.35. The van der Waals surface area contributed by atoms with Gasteiger partial charge in [0.25, 0.3) is 0 Å². The Balaban J connectivity index is 1.58. The summed E-state index contributed by atoms with van der Waals surface area (Å²) in [5.74, 6) is 2.52. The van der Waals surface area contributed by atoms with Crippen LogP contribution in [0.5, 0.6) is 11.5 Å². The molecule has 1 aliphatic heterocycles. The van der Waals surface area contributed by atoms with Gasteiger partial charge in [-0.15, -0.1) is 0 Å². The molecule has 3 aromatic rings. The number of nitrogens with one attached hydrogen (secondary N) is 2. The van der Waals surface area contributed by atoms with Crippen molar-refractivity contribution < 1.29 is 18.9 Å². The van der Waals surface area contributed by atoms with E-state index in [0.29, 0.717) is 35.8 Å². The zero-order valence-corrected chi connectivity index (χ0v) is 17.2. The summed E-state index contributed by atoms with van der Waals surface area (Å²) in [5, 5.41) is 14.6. The molecular formula is C23H22N4O4. The molecule has 2 atom stereocenters. The first-order valence-electron chi connectivity index (χ1n) is 10.1. The molecule has 2 N–H and O–H groups in total. The van der Waals surface area contributed by atoms with Crippen molar-refractivity contribution in [3.63, 3.8) is 0 Å². The van der Waals surface area contributed by atoms with E-state index in [4.69, 9.17) is 14.1 Å². The fourth-order valence-electron chi connectivity index (χ4n) is 4.35. The van der Waals surface area contributed by atoms with Gasteiger partial charge in [0.2, 0.25) is 11.6 Å². The monoisotopic (exact) mass is 418 g/mol. The second kappa shape index (κ2) is 7.79. The van der Waals surface area contributed by atoms with Crippen molar-refractivity contribution >= 4 is 17.4 Å². The van der Waals surface area contributed by atoms with Crippen LogP contribution in [-0.2, 0) is 4.79 Å². The van der Waals surface area contributed by atoms with Crippen LogP contribution < -0.4 is 20.1 Å². The van der Waals surface area contributed by atoms with Crippen LogP contribution in [0.3, 0.4) is 0 Å². The van der Waals surface area contributed by atoms with Crippen molar-refractivity contribution in [2.45, 2.75) is 24.8 Å². The molecule has 0 bridgehead atoms. The Morgan fingerprint density at radius 2 is 1.74 bits per heavy atom. The maximum atomic E-state index is 13.5. The van der Waals surface area contributed by atoms with E-state index in [-0.39, 0.29) is 11.7 Å². The minimum absolute atomic E-state index is 0.0457. The molecule has 2 aliphatic rings. The highest BCUT2D eigenvalue weighted by molar-refractivity contribution is 6.01. The third kappa shape index (κ3) is 3.39. The standard InChI is InChI=1S/C23H22N4O4/c1-29-15-9-7-13(8-10-15)14-11-17-20(18(28)12-14)21(16-5-3-4-6-19(16)30-2)25-23-22(24-17)26-31-27-23/h3-10,14,21H,11-12H2,1-2H3,(H,24,26)(H,25,27)/t14-,21+/m1/s1. The maximum Gasteiger partial charge on any atom is 0.219 e. The van der Waals surface area contributed by atoms with Gasteiger partial charge in [-0.05, 0) is 46.4 Å². The van der Waals surface area contributed by atoms with Crippen molar-refractivity contribution in [1.29, 1.82) is 0 Å². The lowest BCUT2D eigenvalue weighted by molar-refractivity contribution is -0.116. The van der Waals surface area contributed by atoms with E-state index in [1.54, 1.807) is 14.2 Å². The molecule has 0 saturated carbocycles. The summed E-state index contributed by atoms with van der Waals surface area (Å²) in [7, 11) is 3.26. The number of Topliss-reactive ketones (excluding diaryl/α,β-unsaturated/α-hetero) is 1. The van der Waals surface area contributed by atoms with Gasteiger partial charge in [0.15, 0.2) is 5.78 Å². The van der Waals surface area contributed by atoms with Gasteiger partial charge in [0.05, 0.1) is 20.3 Å². The molecule has 0 radical (unpaired) electrons. The van der Waals surface area contributed by atoms with E-state index < -0.39 is 6.04 Å². The summed E-state index contributed by atoms with van der Waals surface area (Å²) in [6, 6.07) is 15.1. The SMILES string of the molecule is COc1ccc([C@H]2CC(=O)C3=C(C2)Nc2nonc2N[C@H]3c2ccccc2OC)cc1. The number of allylic oxidation sites excluding steroid dienone is 1. The number of ether oxygens (including phenoxy) is 2. The van der Waals surface area contributed by atoms with Crippen molar-refractivity contribution in [1.82, 2.24) is 10.3 Å². The number of para-hydroxylation sites is 1. The number of rotatable bonds is 4. The van der Waals surface area contributed by atoms with E-state index in [2.05, 4.69) is 20.9 Å². The van der Waals surface area contributed by atoms with E-state index in [1.807, 2.05) is 48.5 Å². The third-order valence-corrected chi connectivity index (χ3v) is 5.87. The number of fused-ring (bicyclic) bond motifs is 1. The Hall–Kier alpha value is -3.81. The van der Waals surface area contributed by atoms with E-state index in [1.165, 1.54) is 0 Å². The number of hydrogen-bond acceptors (Lipinski definition) is 8. The number of aromatic nitrogens is 2. The summed E-state index contributed by atoms with van der Waals surface area (Å²) in [6.45, 7) is 0. The zero-order chi connectivity index (χ0) is 21.4. The molecule has 2 aromatic carbocycles. The third-order valence-electron chi connectivity index (χ3n) is 5.87. The highest BCUT2D eigenvalue weighted by Gasteiger charge is 2.38. The normalized spacial score (nSPS) is 20.1. The second-order valence-corrected chi connectivity index (χ2v) is 7.60. The molecule has 0 amide bonds. The fraction of sp³-hybridized carbons (Fsp3) is 0.261. The van der Waals surface area contributed by atoms with Gasteiger partial charge in [-0.1, -0.05) is 30.3 Å². The van der Waals surface area contributed by atoms with Crippen molar-refractivity contribution in [3.8, 4) is 11.5 Å². The summed E-state index contributed by atoms with van der Waals surface area (Å²) < 4.78 is 15.8. The molecule has 8 heteroatoms. The molecular weight excluding hydrogens is 396 g/mol. The number of hydrogen-bond donors (Lipinski definition) is 2. The summed E-state index contributed by atoms with van der Waals surface area (Å²) in [5.41, 5.74) is 3.43. The van der Waals surface area contributed by atoms with Gasteiger partial charge in [0.1, 0.15) is 11.5 Å². The Labute approximate surface area is 179 Å². The second-order valence-electron chi connectivity index (χ2n) is 7.60. The molecule has 1 aliphatic carbocycles. The maximum absolute atomic E-state index is 13.5. The molecule has 0 fully saturated rings. The van der Waals surface area contributed by atoms with Crippen molar-refractivity contribution in [2.75, 3.05) is 24.9 Å². The van der Waals surface area contributed by atoms with Crippen LogP contribution in [0.2, 0.25) is 0 Å². The number of methoxy groups -OCH3 is 2. The van der Waals surface area contributed by atoms with Gasteiger partial charge in [-0.3, -0.25) is 4.79 Å². The van der Waals surface area contributed by atoms with Gasteiger partial charge < -0.3 is 20.1 Å². The number of benzene rings is 2. The Morgan fingerprint density at radius 3 is 2.52 bits per heavy atom. The lowest BCUT2D eigenvalue weighted by Gasteiger charge is -2.30. The van der Waals surface area contributed by atoms with E-state index in [0.717, 1.165) is 22.6 Å². The minimum atomic E-state index is -0.434. The van der Waals surface area contributed by atoms with Crippen LogP contribution in [0, 0.1) is 0 Å². The summed E-state index contributed by atoms with van der Waals surface area (Å²) in [6.07, 6.45) is 1.07. The quantitative estimate of drug-likeness (QED) is 0.654. The Bertz CT molecular complexity index is 1150. The number of nitrogens with zero attached hydrogens (tertiary/aromatic N) is 2. The number of carbonyl (C=O) groups is 1. The molecule has 0 spiro atoms. The Kier molecular flexibility index (Phi) is 4.82. The Morgan fingerprint density at radius 1 is 0.968 bits per heavy atom. The average molecular weight is 418 g/mol. The summed E-state index contributed by atoms with van der Waals surface area (Å²) in [4.78, 5) is 13.5. The van der Waals surface area contributed by atoms with Crippen LogP contribution >= 0.6 is 0 Å². The smallest absolute Gasteiger partial charge is 0.219 e. The molecule has 2 heterocycles. The van der Waals surface area contributed by atoms with Gasteiger partial charge >= 0.3 is 0 Å². The zero-order valence-electron chi connectivity index (χ0n) is 17.2. The molecule has 0 saturated heterocycles. The molecule has 158 valence electrons. The average Bonchev–Trinajstić information content (AvgIpc) is 3.17. The molecule has 8 nitrogen and oxygen atoms in total. The lowest BCUT2D eigenvalue weighted by Crippen LogP contribution is -2.27. The number of carbonyl (C=O) groups excluding carboxylic acids is 1. The first-order valence-corrected chi connectivity index (χ1v) is 10.1. The largest absolute Gasteiger partial charge is 0.497 e. The lowest BCUT2D eigenvalue weighted by atomic mass is 9.78. The molecule has 31 heavy (non-hydrogen) atoms. The van der Waals surface area contributed by atoms with Gasteiger partial charge in [0, 0.05) is 23.3 Å². The van der Waals surface area contributed by atoms with Crippen LogP contribution in [0.15, 0.2) is 64.4 Å². The van der Waals surface area contributed by atoms with E-state index in [9.17, 15) is 4.79 Å². The molecule has 0 unspecified atom stereocenters. The topological polar surface area (TPSA) is 98.5 Å². The minimum Gasteiger partial charge on any atom is -0.497 e. The van der Waals surface area contributed by atoms with Crippen molar-refractivity contribution in [3.05, 3.63) is 70.9 Å². The predicted octanol–water partition coefficient (Wildman–Crippen LogP) is 4.07.